The number of hydrogen-bond donors (Lipinski definition) is 1. The minimum Gasteiger partial charge on any atom is -0.350 e. The Labute approximate surface area is 179 Å². The van der Waals surface area contributed by atoms with Crippen LogP contribution in [0.15, 0.2) is 78.0 Å². The van der Waals surface area contributed by atoms with E-state index in [0.29, 0.717) is 5.02 Å². The summed E-state index contributed by atoms with van der Waals surface area (Å²) in [6.07, 6.45) is 3.22. The standard InChI is InChI=1S/C20H17Cl2N3O3S/c21-16-6-7-19(18(22)12-16)25(29(27,28)17-4-2-1-3-5-17)14-20(26)24-13-15-8-10-23-11-9-15/h1-12H,13-14H2,(H,24,26). The third kappa shape index (κ3) is 5.26. The van der Waals surface area contributed by atoms with Crippen molar-refractivity contribution < 1.29 is 13.2 Å². The highest BCUT2D eigenvalue weighted by Crippen LogP contribution is 2.32. The average molecular weight is 450 g/mol. The van der Waals surface area contributed by atoms with E-state index < -0.39 is 22.5 Å². The number of sulfonamides is 1. The second kappa shape index (κ2) is 9.26. The molecular formula is C20H17Cl2N3O3S. The van der Waals surface area contributed by atoms with E-state index in [1.54, 1.807) is 42.7 Å². The maximum atomic E-state index is 13.2. The van der Waals surface area contributed by atoms with Crippen LogP contribution in [-0.2, 0) is 21.4 Å². The van der Waals surface area contributed by atoms with Crippen molar-refractivity contribution >= 4 is 44.8 Å². The van der Waals surface area contributed by atoms with Crippen molar-refractivity contribution in [2.75, 3.05) is 10.8 Å². The van der Waals surface area contributed by atoms with E-state index in [0.717, 1.165) is 9.87 Å². The van der Waals surface area contributed by atoms with Gasteiger partial charge >= 0.3 is 0 Å². The number of carbonyl (C=O) groups is 1. The van der Waals surface area contributed by atoms with Crippen LogP contribution < -0.4 is 9.62 Å². The molecule has 1 N–H and O–H groups in total. The molecule has 9 heteroatoms. The molecule has 0 bridgehead atoms. The Hall–Kier alpha value is -2.61. The van der Waals surface area contributed by atoms with Gasteiger partial charge in [-0.2, -0.15) is 0 Å². The molecule has 1 amide bonds. The summed E-state index contributed by atoms with van der Waals surface area (Å²) >= 11 is 12.2. The van der Waals surface area contributed by atoms with Crippen LogP contribution in [0.25, 0.3) is 0 Å². The van der Waals surface area contributed by atoms with Gasteiger partial charge in [0.25, 0.3) is 10.0 Å². The van der Waals surface area contributed by atoms with Gasteiger partial charge in [-0.05, 0) is 48.0 Å². The minimum absolute atomic E-state index is 0.0490. The lowest BCUT2D eigenvalue weighted by molar-refractivity contribution is -0.119. The fraction of sp³-hybridized carbons (Fsp3) is 0.100. The van der Waals surface area contributed by atoms with Crippen LogP contribution in [0.5, 0.6) is 0 Å². The number of benzene rings is 2. The van der Waals surface area contributed by atoms with Gasteiger partial charge in [-0.25, -0.2) is 8.42 Å². The second-order valence-electron chi connectivity index (χ2n) is 6.05. The van der Waals surface area contributed by atoms with E-state index in [-0.39, 0.29) is 22.2 Å². The first kappa shape index (κ1) is 21.1. The Morgan fingerprint density at radius 2 is 1.69 bits per heavy atom. The van der Waals surface area contributed by atoms with Crippen molar-refractivity contribution in [3.05, 3.63) is 88.7 Å². The summed E-state index contributed by atoms with van der Waals surface area (Å²) in [4.78, 5) is 16.5. The fourth-order valence-corrected chi connectivity index (χ4v) is 4.61. The van der Waals surface area contributed by atoms with E-state index in [1.807, 2.05) is 0 Å². The molecule has 6 nitrogen and oxygen atoms in total. The molecule has 3 aromatic rings. The fourth-order valence-electron chi connectivity index (χ4n) is 2.59. The topological polar surface area (TPSA) is 79.4 Å². The second-order valence-corrected chi connectivity index (χ2v) is 8.76. The highest BCUT2D eigenvalue weighted by molar-refractivity contribution is 7.92. The zero-order valence-electron chi connectivity index (χ0n) is 15.1. The van der Waals surface area contributed by atoms with Gasteiger partial charge in [-0.1, -0.05) is 41.4 Å². The number of nitrogens with one attached hydrogen (secondary N) is 1. The number of pyridine rings is 1. The lowest BCUT2D eigenvalue weighted by atomic mass is 10.2. The number of halogens is 2. The Morgan fingerprint density at radius 1 is 1.00 bits per heavy atom. The van der Waals surface area contributed by atoms with Crippen molar-refractivity contribution in [1.82, 2.24) is 10.3 Å². The Bertz CT molecular complexity index is 1090. The highest BCUT2D eigenvalue weighted by Gasteiger charge is 2.28. The van der Waals surface area contributed by atoms with E-state index in [2.05, 4.69) is 10.3 Å². The Balaban J connectivity index is 1.90. The molecule has 0 unspecified atom stereocenters. The molecule has 0 aliphatic carbocycles. The molecule has 0 fully saturated rings. The molecule has 1 aromatic heterocycles. The van der Waals surface area contributed by atoms with E-state index >= 15 is 0 Å². The van der Waals surface area contributed by atoms with Crippen LogP contribution in [0.1, 0.15) is 5.56 Å². The molecule has 0 saturated carbocycles. The Kier molecular flexibility index (Phi) is 6.74. The SMILES string of the molecule is O=C(CN(c1ccc(Cl)cc1Cl)S(=O)(=O)c1ccccc1)NCc1ccncc1. The van der Waals surface area contributed by atoms with Gasteiger partial charge < -0.3 is 5.32 Å². The van der Waals surface area contributed by atoms with Crippen LogP contribution in [-0.4, -0.2) is 25.9 Å². The first-order chi connectivity index (χ1) is 13.9. The smallest absolute Gasteiger partial charge is 0.264 e. The predicted molar refractivity (Wildman–Crippen MR) is 114 cm³/mol. The van der Waals surface area contributed by atoms with Gasteiger partial charge in [0.1, 0.15) is 6.54 Å². The summed E-state index contributed by atoms with van der Waals surface area (Å²) in [6, 6.07) is 15.8. The maximum absolute atomic E-state index is 13.2. The molecule has 0 radical (unpaired) electrons. The summed E-state index contributed by atoms with van der Waals surface area (Å²) in [7, 11) is -4.03. The van der Waals surface area contributed by atoms with E-state index in [4.69, 9.17) is 23.2 Å². The van der Waals surface area contributed by atoms with Crippen LogP contribution in [0.3, 0.4) is 0 Å². The van der Waals surface area contributed by atoms with Crippen molar-refractivity contribution in [2.45, 2.75) is 11.4 Å². The molecule has 1 heterocycles. The van der Waals surface area contributed by atoms with Gasteiger partial charge in [0.2, 0.25) is 5.91 Å². The molecule has 0 aliphatic heterocycles. The monoisotopic (exact) mass is 449 g/mol. The molecule has 3 rings (SSSR count). The van der Waals surface area contributed by atoms with E-state index in [1.165, 1.54) is 30.3 Å². The van der Waals surface area contributed by atoms with Gasteiger partial charge in [0, 0.05) is 24.0 Å². The van der Waals surface area contributed by atoms with Crippen molar-refractivity contribution in [2.24, 2.45) is 0 Å². The molecular weight excluding hydrogens is 433 g/mol. The average Bonchev–Trinajstić information content (AvgIpc) is 2.72. The van der Waals surface area contributed by atoms with Gasteiger partial charge in [-0.15, -0.1) is 0 Å². The summed E-state index contributed by atoms with van der Waals surface area (Å²) in [5.41, 5.74) is 1.01. The van der Waals surface area contributed by atoms with Gasteiger partial charge in [0.05, 0.1) is 15.6 Å². The molecule has 0 saturated heterocycles. The van der Waals surface area contributed by atoms with E-state index in [9.17, 15) is 13.2 Å². The van der Waals surface area contributed by atoms with Crippen LogP contribution >= 0.6 is 23.2 Å². The van der Waals surface area contributed by atoms with Gasteiger partial charge in [-0.3, -0.25) is 14.1 Å². The summed E-state index contributed by atoms with van der Waals surface area (Å²) < 4.78 is 27.4. The minimum atomic E-state index is -4.03. The third-order valence-corrected chi connectivity index (χ3v) is 6.35. The number of rotatable bonds is 7. The van der Waals surface area contributed by atoms with Crippen molar-refractivity contribution in [3.63, 3.8) is 0 Å². The third-order valence-electron chi connectivity index (χ3n) is 4.04. The number of anilines is 1. The van der Waals surface area contributed by atoms with Crippen LogP contribution in [0, 0.1) is 0 Å². The normalized spacial score (nSPS) is 11.1. The summed E-state index contributed by atoms with van der Waals surface area (Å²) in [5, 5.41) is 3.19. The van der Waals surface area contributed by atoms with Crippen LogP contribution in [0.4, 0.5) is 5.69 Å². The molecule has 29 heavy (non-hydrogen) atoms. The zero-order chi connectivity index (χ0) is 20.9. The molecule has 0 atom stereocenters. The van der Waals surface area contributed by atoms with Crippen molar-refractivity contribution in [3.8, 4) is 0 Å². The van der Waals surface area contributed by atoms with Crippen molar-refractivity contribution in [1.29, 1.82) is 0 Å². The quantitative estimate of drug-likeness (QED) is 0.592. The number of aromatic nitrogens is 1. The zero-order valence-corrected chi connectivity index (χ0v) is 17.5. The summed E-state index contributed by atoms with van der Waals surface area (Å²) in [6.45, 7) is -0.196. The molecule has 150 valence electrons. The molecule has 2 aromatic carbocycles. The van der Waals surface area contributed by atoms with Gasteiger partial charge in [0.15, 0.2) is 0 Å². The first-order valence-corrected chi connectivity index (χ1v) is 10.8. The number of nitrogens with zero attached hydrogens (tertiary/aromatic N) is 2. The lowest BCUT2D eigenvalue weighted by Crippen LogP contribution is -2.40. The summed E-state index contributed by atoms with van der Waals surface area (Å²) in [5.74, 6) is -0.479. The molecule has 0 spiro atoms. The highest BCUT2D eigenvalue weighted by atomic mass is 35.5. The maximum Gasteiger partial charge on any atom is 0.264 e. The molecule has 0 aliphatic rings. The number of amides is 1. The predicted octanol–water partition coefficient (Wildman–Crippen LogP) is 3.90. The number of hydrogen-bond acceptors (Lipinski definition) is 4. The largest absolute Gasteiger partial charge is 0.350 e. The number of carbonyl (C=O) groups excluding carboxylic acids is 1. The Morgan fingerprint density at radius 3 is 2.34 bits per heavy atom. The first-order valence-electron chi connectivity index (χ1n) is 8.56. The lowest BCUT2D eigenvalue weighted by Gasteiger charge is -2.25. The van der Waals surface area contributed by atoms with Crippen LogP contribution in [0.2, 0.25) is 10.0 Å².